The number of hydrogen-bond donors (Lipinski definition) is 0. The lowest BCUT2D eigenvalue weighted by Gasteiger charge is -2.23. The molecule has 0 spiro atoms. The summed E-state index contributed by atoms with van der Waals surface area (Å²) < 4.78 is 10.8. The van der Waals surface area contributed by atoms with E-state index in [4.69, 9.17) is 9.47 Å². The van der Waals surface area contributed by atoms with Crippen LogP contribution in [0.4, 0.5) is 4.79 Å². The van der Waals surface area contributed by atoms with Crippen molar-refractivity contribution < 1.29 is 19.1 Å². The number of aryl methyl sites for hydroxylation is 1. The number of esters is 1. The Labute approximate surface area is 151 Å². The highest BCUT2D eigenvalue weighted by molar-refractivity contribution is 5.89. The Balaban J connectivity index is 2.48. The van der Waals surface area contributed by atoms with Gasteiger partial charge in [-0.3, -0.25) is 0 Å². The summed E-state index contributed by atoms with van der Waals surface area (Å²) in [5, 5.41) is 0. The van der Waals surface area contributed by atoms with Gasteiger partial charge in [0.15, 0.2) is 0 Å². The van der Waals surface area contributed by atoms with Gasteiger partial charge in [-0.2, -0.15) is 0 Å². The van der Waals surface area contributed by atoms with E-state index in [0.29, 0.717) is 25.1 Å². The quantitative estimate of drug-likeness (QED) is 0.618. The number of hydrogen-bond acceptors (Lipinski definition) is 4. The van der Waals surface area contributed by atoms with Gasteiger partial charge in [0, 0.05) is 19.5 Å². The van der Waals surface area contributed by atoms with Crippen LogP contribution in [0.2, 0.25) is 0 Å². The topological polar surface area (TPSA) is 55.8 Å². The molecule has 0 bridgehead atoms. The van der Waals surface area contributed by atoms with Crippen LogP contribution < -0.4 is 0 Å². The van der Waals surface area contributed by atoms with Crippen molar-refractivity contribution in [3.05, 3.63) is 35.4 Å². The number of ether oxygens (including phenoxy) is 2. The maximum absolute atomic E-state index is 12.2. The standard InChI is InChI=1S/C20H31NO4/c1-6-9-17-10-12-18(13-11-17)19(22)24-15(4)14-16(5)25-20(23)21(7-2)8-3/h10-13,15-16H,6-9,14H2,1-5H3. The molecular formula is C20H31NO4. The summed E-state index contributed by atoms with van der Waals surface area (Å²) in [6.07, 6.45) is 1.56. The normalized spacial score (nSPS) is 13.0. The zero-order valence-corrected chi connectivity index (χ0v) is 16.1. The van der Waals surface area contributed by atoms with Gasteiger partial charge in [-0.15, -0.1) is 0 Å². The minimum Gasteiger partial charge on any atom is -0.459 e. The largest absolute Gasteiger partial charge is 0.459 e. The van der Waals surface area contributed by atoms with Crippen molar-refractivity contribution in [3.8, 4) is 0 Å². The minimum atomic E-state index is -0.349. The Kier molecular flexibility index (Phi) is 9.03. The molecule has 140 valence electrons. The lowest BCUT2D eigenvalue weighted by atomic mass is 10.1. The first kappa shape index (κ1) is 21.0. The molecule has 25 heavy (non-hydrogen) atoms. The van der Waals surface area contributed by atoms with Gasteiger partial charge in [0.25, 0.3) is 0 Å². The van der Waals surface area contributed by atoms with E-state index in [2.05, 4.69) is 6.92 Å². The molecule has 0 radical (unpaired) electrons. The van der Waals surface area contributed by atoms with Gasteiger partial charge < -0.3 is 14.4 Å². The Hall–Kier alpha value is -2.04. The highest BCUT2D eigenvalue weighted by Gasteiger charge is 2.19. The second kappa shape index (κ2) is 10.7. The first-order valence-corrected chi connectivity index (χ1v) is 9.16. The smallest absolute Gasteiger partial charge is 0.410 e. The van der Waals surface area contributed by atoms with Crippen molar-refractivity contribution in [1.29, 1.82) is 0 Å². The van der Waals surface area contributed by atoms with Crippen LogP contribution >= 0.6 is 0 Å². The lowest BCUT2D eigenvalue weighted by Crippen LogP contribution is -2.34. The van der Waals surface area contributed by atoms with Crippen molar-refractivity contribution in [2.45, 2.75) is 66.1 Å². The van der Waals surface area contributed by atoms with E-state index in [0.717, 1.165) is 12.8 Å². The van der Waals surface area contributed by atoms with E-state index >= 15 is 0 Å². The minimum absolute atomic E-state index is 0.317. The van der Waals surface area contributed by atoms with Crippen LogP contribution in [0.3, 0.4) is 0 Å². The van der Waals surface area contributed by atoms with E-state index in [1.165, 1.54) is 5.56 Å². The summed E-state index contributed by atoms with van der Waals surface area (Å²) in [7, 11) is 0. The Morgan fingerprint density at radius 1 is 0.960 bits per heavy atom. The molecule has 2 atom stereocenters. The highest BCUT2D eigenvalue weighted by atomic mass is 16.6. The van der Waals surface area contributed by atoms with Crippen LogP contribution in [0.25, 0.3) is 0 Å². The number of rotatable bonds is 9. The molecule has 1 aromatic rings. The van der Waals surface area contributed by atoms with E-state index in [1.54, 1.807) is 17.0 Å². The number of amides is 1. The van der Waals surface area contributed by atoms with E-state index < -0.39 is 0 Å². The number of carbonyl (C=O) groups is 2. The molecule has 0 heterocycles. The summed E-state index contributed by atoms with van der Waals surface area (Å²) in [5.74, 6) is -0.349. The van der Waals surface area contributed by atoms with Crippen molar-refractivity contribution >= 4 is 12.1 Å². The van der Waals surface area contributed by atoms with Gasteiger partial charge in [0.05, 0.1) is 5.56 Å². The summed E-state index contributed by atoms with van der Waals surface area (Å²) in [4.78, 5) is 25.7. The van der Waals surface area contributed by atoms with Crippen molar-refractivity contribution in [1.82, 2.24) is 4.90 Å². The molecule has 1 amide bonds. The Bertz CT molecular complexity index is 537. The molecule has 0 fully saturated rings. The predicted octanol–water partition coefficient (Wildman–Crippen LogP) is 4.44. The highest BCUT2D eigenvalue weighted by Crippen LogP contribution is 2.12. The predicted molar refractivity (Wildman–Crippen MR) is 98.8 cm³/mol. The molecule has 5 nitrogen and oxygen atoms in total. The SMILES string of the molecule is CCCc1ccc(C(=O)OC(C)CC(C)OC(=O)N(CC)CC)cc1. The first-order chi connectivity index (χ1) is 11.9. The number of nitrogens with zero attached hydrogens (tertiary/aromatic N) is 1. The average molecular weight is 349 g/mol. The van der Waals surface area contributed by atoms with E-state index in [9.17, 15) is 9.59 Å². The van der Waals surface area contributed by atoms with Crippen LogP contribution in [0, 0.1) is 0 Å². The second-order valence-electron chi connectivity index (χ2n) is 6.27. The molecule has 1 aromatic carbocycles. The fourth-order valence-electron chi connectivity index (χ4n) is 2.64. The molecule has 0 saturated carbocycles. The summed E-state index contributed by atoms with van der Waals surface area (Å²) in [6, 6.07) is 7.51. The number of carbonyl (C=O) groups excluding carboxylic acids is 2. The summed E-state index contributed by atoms with van der Waals surface area (Å²) >= 11 is 0. The molecule has 0 saturated heterocycles. The average Bonchev–Trinajstić information content (AvgIpc) is 2.56. The monoisotopic (exact) mass is 349 g/mol. The molecule has 0 aliphatic heterocycles. The van der Waals surface area contributed by atoms with Crippen LogP contribution in [0.1, 0.15) is 63.4 Å². The van der Waals surface area contributed by atoms with Gasteiger partial charge in [-0.1, -0.05) is 25.5 Å². The molecule has 0 aromatic heterocycles. The van der Waals surface area contributed by atoms with E-state index in [-0.39, 0.29) is 24.3 Å². The summed E-state index contributed by atoms with van der Waals surface area (Å²) in [6.45, 7) is 10.8. The maximum atomic E-state index is 12.2. The molecular weight excluding hydrogens is 318 g/mol. The molecule has 1 rings (SSSR count). The van der Waals surface area contributed by atoms with Crippen LogP contribution in [0.5, 0.6) is 0 Å². The first-order valence-electron chi connectivity index (χ1n) is 9.16. The van der Waals surface area contributed by atoms with Gasteiger partial charge in [0.1, 0.15) is 12.2 Å². The molecule has 0 aliphatic rings. The third kappa shape index (κ3) is 7.16. The third-order valence-electron chi connectivity index (χ3n) is 4.02. The molecule has 0 aliphatic carbocycles. The van der Waals surface area contributed by atoms with Crippen molar-refractivity contribution in [2.75, 3.05) is 13.1 Å². The number of benzene rings is 1. The molecule has 2 unspecified atom stereocenters. The van der Waals surface area contributed by atoms with Gasteiger partial charge in [-0.25, -0.2) is 9.59 Å². The van der Waals surface area contributed by atoms with Crippen molar-refractivity contribution in [3.63, 3.8) is 0 Å². The second-order valence-corrected chi connectivity index (χ2v) is 6.27. The van der Waals surface area contributed by atoms with Crippen LogP contribution in [0.15, 0.2) is 24.3 Å². The zero-order chi connectivity index (χ0) is 18.8. The zero-order valence-electron chi connectivity index (χ0n) is 16.1. The van der Waals surface area contributed by atoms with Crippen molar-refractivity contribution in [2.24, 2.45) is 0 Å². The fourth-order valence-corrected chi connectivity index (χ4v) is 2.64. The Morgan fingerprint density at radius 3 is 2.04 bits per heavy atom. The molecule has 5 heteroatoms. The molecule has 0 N–H and O–H groups in total. The van der Waals surface area contributed by atoms with Gasteiger partial charge in [-0.05, 0) is 51.8 Å². The summed E-state index contributed by atoms with van der Waals surface area (Å²) in [5.41, 5.74) is 1.75. The fraction of sp³-hybridized carbons (Fsp3) is 0.600. The van der Waals surface area contributed by atoms with Crippen LogP contribution in [-0.4, -0.2) is 42.3 Å². The van der Waals surface area contributed by atoms with Crippen LogP contribution in [-0.2, 0) is 15.9 Å². The third-order valence-corrected chi connectivity index (χ3v) is 4.02. The van der Waals surface area contributed by atoms with Gasteiger partial charge in [0.2, 0.25) is 0 Å². The van der Waals surface area contributed by atoms with E-state index in [1.807, 2.05) is 39.8 Å². The van der Waals surface area contributed by atoms with Gasteiger partial charge >= 0.3 is 12.1 Å². The Morgan fingerprint density at radius 2 is 1.52 bits per heavy atom. The lowest BCUT2D eigenvalue weighted by molar-refractivity contribution is 0.0141. The maximum Gasteiger partial charge on any atom is 0.410 e.